The van der Waals surface area contributed by atoms with Crippen LogP contribution in [-0.4, -0.2) is 54.4 Å². The Kier molecular flexibility index (Phi) is 4.74. The summed E-state index contributed by atoms with van der Waals surface area (Å²) in [6.07, 6.45) is 3.30. The fourth-order valence-electron chi connectivity index (χ4n) is 2.45. The van der Waals surface area contributed by atoms with E-state index in [0.717, 1.165) is 17.9 Å². The number of hydrogen-bond acceptors (Lipinski definition) is 5. The number of nitrogens with one attached hydrogen (secondary N) is 1. The quantitative estimate of drug-likeness (QED) is 0.835. The van der Waals surface area contributed by atoms with Crippen LogP contribution in [-0.2, 0) is 11.3 Å². The van der Waals surface area contributed by atoms with Crippen LogP contribution in [0.4, 0.5) is 5.82 Å². The van der Waals surface area contributed by atoms with Gasteiger partial charge in [0.2, 0.25) is 0 Å². The van der Waals surface area contributed by atoms with Crippen molar-refractivity contribution in [3.05, 3.63) is 23.9 Å². The number of pyridine rings is 1. The topological polar surface area (TPSA) is 57.6 Å². The fourth-order valence-corrected chi connectivity index (χ4v) is 2.45. The highest BCUT2D eigenvalue weighted by molar-refractivity contribution is 5.34. The molecule has 2 heterocycles. The minimum atomic E-state index is -0.606. The van der Waals surface area contributed by atoms with Gasteiger partial charge in [-0.25, -0.2) is 4.98 Å². The molecule has 0 spiro atoms. The van der Waals surface area contributed by atoms with E-state index in [1.807, 2.05) is 26.4 Å². The van der Waals surface area contributed by atoms with Crippen LogP contribution in [0.5, 0.6) is 0 Å². The molecule has 106 valence electrons. The molecule has 2 rings (SSSR count). The first-order valence-electron chi connectivity index (χ1n) is 6.73. The zero-order chi connectivity index (χ0) is 13.7. The Morgan fingerprint density at radius 2 is 2.16 bits per heavy atom. The minimum absolute atomic E-state index is 0.606. The van der Waals surface area contributed by atoms with Gasteiger partial charge in [-0.3, -0.25) is 4.90 Å². The van der Waals surface area contributed by atoms with Crippen LogP contribution in [0.2, 0.25) is 0 Å². The third-order valence-electron chi connectivity index (χ3n) is 3.52. The number of aromatic nitrogens is 1. The predicted molar refractivity (Wildman–Crippen MR) is 75.1 cm³/mol. The van der Waals surface area contributed by atoms with Gasteiger partial charge in [0.25, 0.3) is 0 Å². The van der Waals surface area contributed by atoms with Gasteiger partial charge in [-0.05, 0) is 18.7 Å². The number of nitrogens with zero attached hydrogens (tertiary/aromatic N) is 2. The van der Waals surface area contributed by atoms with Crippen LogP contribution in [0.15, 0.2) is 18.3 Å². The summed E-state index contributed by atoms with van der Waals surface area (Å²) in [6, 6.07) is 4.02. The monoisotopic (exact) mass is 265 g/mol. The Balaban J connectivity index is 1.87. The molecular weight excluding hydrogens is 242 g/mol. The summed E-state index contributed by atoms with van der Waals surface area (Å²) >= 11 is 0. The largest absolute Gasteiger partial charge is 0.388 e. The Hall–Kier alpha value is -1.17. The van der Waals surface area contributed by atoms with Gasteiger partial charge >= 0.3 is 0 Å². The summed E-state index contributed by atoms with van der Waals surface area (Å²) in [5.74, 6) is 0.870. The molecule has 0 unspecified atom stereocenters. The molecule has 0 bridgehead atoms. The normalized spacial score (nSPS) is 18.5. The number of ether oxygens (including phenoxy) is 1. The molecule has 0 saturated carbocycles. The van der Waals surface area contributed by atoms with E-state index in [0.29, 0.717) is 32.6 Å². The molecule has 0 amide bonds. The molecule has 1 aliphatic rings. The standard InChI is InChI=1S/C14H23N3O2/c1-15-13-4-3-12(9-16-13)10-17(2)11-14(18)5-7-19-8-6-14/h3-4,9,18H,5-8,10-11H2,1-2H3,(H,15,16). The lowest BCUT2D eigenvalue weighted by atomic mass is 9.94. The number of anilines is 1. The second-order valence-electron chi connectivity index (χ2n) is 5.31. The zero-order valence-electron chi connectivity index (χ0n) is 11.7. The molecule has 1 saturated heterocycles. The van der Waals surface area contributed by atoms with E-state index in [1.54, 1.807) is 0 Å². The van der Waals surface area contributed by atoms with E-state index in [9.17, 15) is 5.11 Å². The molecule has 1 fully saturated rings. The molecule has 0 atom stereocenters. The van der Waals surface area contributed by atoms with E-state index in [1.165, 1.54) is 0 Å². The summed E-state index contributed by atoms with van der Waals surface area (Å²) in [4.78, 5) is 6.43. The van der Waals surface area contributed by atoms with Gasteiger partial charge in [0.05, 0.1) is 5.60 Å². The van der Waals surface area contributed by atoms with Gasteiger partial charge in [0.15, 0.2) is 0 Å². The van der Waals surface area contributed by atoms with Crippen molar-refractivity contribution in [2.24, 2.45) is 0 Å². The van der Waals surface area contributed by atoms with Crippen molar-refractivity contribution in [3.63, 3.8) is 0 Å². The average molecular weight is 265 g/mol. The van der Waals surface area contributed by atoms with Crippen molar-refractivity contribution in [1.82, 2.24) is 9.88 Å². The van der Waals surface area contributed by atoms with Crippen molar-refractivity contribution >= 4 is 5.82 Å². The third kappa shape index (κ3) is 4.16. The first kappa shape index (κ1) is 14.2. The van der Waals surface area contributed by atoms with Crippen molar-refractivity contribution in [2.45, 2.75) is 25.0 Å². The maximum Gasteiger partial charge on any atom is 0.125 e. The van der Waals surface area contributed by atoms with E-state index >= 15 is 0 Å². The number of hydrogen-bond donors (Lipinski definition) is 2. The summed E-state index contributed by atoms with van der Waals surface area (Å²) in [6.45, 7) is 2.77. The average Bonchev–Trinajstić information content (AvgIpc) is 2.39. The maximum atomic E-state index is 10.5. The van der Waals surface area contributed by atoms with E-state index in [2.05, 4.69) is 21.3 Å². The highest BCUT2D eigenvalue weighted by Crippen LogP contribution is 2.21. The highest BCUT2D eigenvalue weighted by atomic mass is 16.5. The molecule has 5 nitrogen and oxygen atoms in total. The Labute approximate surface area is 114 Å². The molecule has 2 N–H and O–H groups in total. The van der Waals surface area contributed by atoms with Crippen LogP contribution in [0.1, 0.15) is 18.4 Å². The van der Waals surface area contributed by atoms with Crippen LogP contribution < -0.4 is 5.32 Å². The molecule has 0 radical (unpaired) electrons. The van der Waals surface area contributed by atoms with Gasteiger partial charge in [0, 0.05) is 52.4 Å². The number of rotatable bonds is 5. The van der Waals surface area contributed by atoms with Crippen molar-refractivity contribution in [3.8, 4) is 0 Å². The third-order valence-corrected chi connectivity index (χ3v) is 3.52. The van der Waals surface area contributed by atoms with Gasteiger partial charge in [-0.15, -0.1) is 0 Å². The van der Waals surface area contributed by atoms with Gasteiger partial charge in [-0.1, -0.05) is 6.07 Å². The fraction of sp³-hybridized carbons (Fsp3) is 0.643. The van der Waals surface area contributed by atoms with Crippen LogP contribution in [0.3, 0.4) is 0 Å². The SMILES string of the molecule is CNc1ccc(CN(C)CC2(O)CCOCC2)cn1. The Morgan fingerprint density at radius 3 is 2.74 bits per heavy atom. The van der Waals surface area contributed by atoms with Gasteiger partial charge in [0.1, 0.15) is 5.82 Å². The van der Waals surface area contributed by atoms with Crippen molar-refractivity contribution < 1.29 is 9.84 Å². The number of likely N-dealkylation sites (N-methyl/N-ethyl adjacent to an activating group) is 1. The second-order valence-corrected chi connectivity index (χ2v) is 5.31. The van der Waals surface area contributed by atoms with Gasteiger partial charge < -0.3 is 15.2 Å². The second kappa shape index (κ2) is 6.32. The van der Waals surface area contributed by atoms with Crippen molar-refractivity contribution in [2.75, 3.05) is 39.2 Å². The van der Waals surface area contributed by atoms with Gasteiger partial charge in [-0.2, -0.15) is 0 Å². The molecule has 0 aliphatic carbocycles. The summed E-state index contributed by atoms with van der Waals surface area (Å²) in [7, 11) is 3.88. The van der Waals surface area contributed by atoms with E-state index < -0.39 is 5.60 Å². The van der Waals surface area contributed by atoms with Crippen LogP contribution >= 0.6 is 0 Å². The molecular formula is C14H23N3O2. The Morgan fingerprint density at radius 1 is 1.42 bits per heavy atom. The summed E-state index contributed by atoms with van der Waals surface area (Å²) in [5.41, 5.74) is 0.544. The predicted octanol–water partition coefficient (Wildman–Crippen LogP) is 1.10. The van der Waals surface area contributed by atoms with E-state index in [-0.39, 0.29) is 0 Å². The Bertz CT molecular complexity index is 388. The first-order valence-corrected chi connectivity index (χ1v) is 6.73. The zero-order valence-corrected chi connectivity index (χ0v) is 11.7. The highest BCUT2D eigenvalue weighted by Gasteiger charge is 2.30. The summed E-state index contributed by atoms with van der Waals surface area (Å²) < 4.78 is 5.29. The lowest BCUT2D eigenvalue weighted by Gasteiger charge is -2.35. The maximum absolute atomic E-state index is 10.5. The molecule has 5 heteroatoms. The number of aliphatic hydroxyl groups is 1. The molecule has 0 aromatic carbocycles. The molecule has 1 aromatic heterocycles. The smallest absolute Gasteiger partial charge is 0.125 e. The minimum Gasteiger partial charge on any atom is -0.388 e. The molecule has 19 heavy (non-hydrogen) atoms. The van der Waals surface area contributed by atoms with Crippen LogP contribution in [0.25, 0.3) is 0 Å². The lowest BCUT2D eigenvalue weighted by molar-refractivity contribution is -0.0777. The summed E-state index contributed by atoms with van der Waals surface area (Å²) in [5, 5.41) is 13.5. The lowest BCUT2D eigenvalue weighted by Crippen LogP contribution is -2.45. The first-order chi connectivity index (χ1) is 9.11. The van der Waals surface area contributed by atoms with Crippen LogP contribution in [0, 0.1) is 0 Å². The molecule has 1 aliphatic heterocycles. The van der Waals surface area contributed by atoms with E-state index in [4.69, 9.17) is 4.74 Å². The van der Waals surface area contributed by atoms with Crippen molar-refractivity contribution in [1.29, 1.82) is 0 Å². The molecule has 1 aromatic rings.